The van der Waals surface area contributed by atoms with Gasteiger partial charge < -0.3 is 10.1 Å². The average molecular weight is 291 g/mol. The molecule has 0 radical (unpaired) electrons. The van der Waals surface area contributed by atoms with Gasteiger partial charge in [-0.15, -0.1) is 0 Å². The molecule has 0 aliphatic heterocycles. The summed E-state index contributed by atoms with van der Waals surface area (Å²) in [6.07, 6.45) is 3.71. The van der Waals surface area contributed by atoms with Gasteiger partial charge in [0, 0.05) is 23.0 Å². The molecule has 0 spiro atoms. The Balaban J connectivity index is 2.51. The molecule has 0 aliphatic carbocycles. The Morgan fingerprint density at radius 1 is 1.30 bits per heavy atom. The number of methoxy groups -OCH3 is 1. The van der Waals surface area contributed by atoms with Crippen molar-refractivity contribution in [3.63, 3.8) is 0 Å². The van der Waals surface area contributed by atoms with Gasteiger partial charge in [0.25, 0.3) is 0 Å². The maximum atomic E-state index is 6.04. The lowest BCUT2D eigenvalue weighted by atomic mass is 9.96. The lowest BCUT2D eigenvalue weighted by molar-refractivity contribution is 0.404. The summed E-state index contributed by atoms with van der Waals surface area (Å²) in [6, 6.07) is 7.78. The van der Waals surface area contributed by atoms with Gasteiger partial charge >= 0.3 is 0 Å². The summed E-state index contributed by atoms with van der Waals surface area (Å²) >= 11 is 6.04. The molecule has 0 saturated carbocycles. The molecule has 1 unspecified atom stereocenters. The summed E-state index contributed by atoms with van der Waals surface area (Å²) < 4.78 is 5.47. The van der Waals surface area contributed by atoms with Crippen LogP contribution in [-0.2, 0) is 0 Å². The minimum Gasteiger partial charge on any atom is -0.496 e. The van der Waals surface area contributed by atoms with E-state index in [9.17, 15) is 0 Å². The van der Waals surface area contributed by atoms with Gasteiger partial charge in [-0.3, -0.25) is 4.98 Å². The van der Waals surface area contributed by atoms with Crippen molar-refractivity contribution < 1.29 is 4.74 Å². The van der Waals surface area contributed by atoms with Crippen molar-refractivity contribution in [2.45, 2.75) is 19.9 Å². The average Bonchev–Trinajstić information content (AvgIpc) is 2.46. The Hall–Kier alpha value is -1.58. The van der Waals surface area contributed by atoms with Gasteiger partial charge in [0.15, 0.2) is 0 Å². The van der Waals surface area contributed by atoms with Crippen LogP contribution in [-0.4, -0.2) is 18.6 Å². The van der Waals surface area contributed by atoms with Crippen molar-refractivity contribution in [3.05, 3.63) is 58.4 Å². The number of rotatable bonds is 5. The summed E-state index contributed by atoms with van der Waals surface area (Å²) in [5, 5.41) is 4.16. The van der Waals surface area contributed by atoms with E-state index in [0.717, 1.165) is 23.4 Å². The zero-order chi connectivity index (χ0) is 14.5. The fourth-order valence-corrected chi connectivity index (χ4v) is 2.46. The van der Waals surface area contributed by atoms with Crippen LogP contribution in [0.4, 0.5) is 0 Å². The second-order valence-corrected chi connectivity index (χ2v) is 5.05. The fourth-order valence-electron chi connectivity index (χ4n) is 2.29. The van der Waals surface area contributed by atoms with Crippen LogP contribution in [0.2, 0.25) is 5.02 Å². The van der Waals surface area contributed by atoms with Crippen molar-refractivity contribution >= 4 is 11.6 Å². The number of ether oxygens (including phenoxy) is 1. The molecule has 3 nitrogen and oxygen atoms in total. The van der Waals surface area contributed by atoms with Crippen LogP contribution in [0.1, 0.15) is 29.7 Å². The van der Waals surface area contributed by atoms with E-state index in [0.29, 0.717) is 5.02 Å². The molecule has 20 heavy (non-hydrogen) atoms. The van der Waals surface area contributed by atoms with Gasteiger partial charge in [0.1, 0.15) is 5.75 Å². The van der Waals surface area contributed by atoms with Gasteiger partial charge in [0.2, 0.25) is 0 Å². The second kappa shape index (κ2) is 6.73. The largest absolute Gasteiger partial charge is 0.496 e. The third kappa shape index (κ3) is 3.11. The predicted octanol–water partition coefficient (Wildman–Crippen LogP) is 3.75. The molecule has 0 amide bonds. The van der Waals surface area contributed by atoms with Gasteiger partial charge in [-0.25, -0.2) is 0 Å². The third-order valence-electron chi connectivity index (χ3n) is 3.31. The molecule has 1 aromatic heterocycles. The molecule has 1 aromatic carbocycles. The lowest BCUT2D eigenvalue weighted by Crippen LogP contribution is -2.23. The fraction of sp³-hybridized carbons (Fsp3) is 0.312. The molecule has 4 heteroatoms. The van der Waals surface area contributed by atoms with Crippen LogP contribution in [0.5, 0.6) is 5.75 Å². The zero-order valence-corrected chi connectivity index (χ0v) is 12.7. The number of halogens is 1. The van der Waals surface area contributed by atoms with E-state index in [1.807, 2.05) is 30.5 Å². The Morgan fingerprint density at radius 3 is 2.75 bits per heavy atom. The van der Waals surface area contributed by atoms with Gasteiger partial charge in [-0.05, 0) is 42.8 Å². The lowest BCUT2D eigenvalue weighted by Gasteiger charge is -2.22. The Bertz CT molecular complexity index is 586. The highest BCUT2D eigenvalue weighted by Gasteiger charge is 2.19. The van der Waals surface area contributed by atoms with Gasteiger partial charge in [-0.1, -0.05) is 24.6 Å². The summed E-state index contributed by atoms with van der Waals surface area (Å²) in [4.78, 5) is 4.24. The predicted molar refractivity (Wildman–Crippen MR) is 82.5 cm³/mol. The van der Waals surface area contributed by atoms with Crippen molar-refractivity contribution in [1.82, 2.24) is 10.3 Å². The molecule has 1 atom stereocenters. The van der Waals surface area contributed by atoms with Gasteiger partial charge in [-0.2, -0.15) is 0 Å². The molecule has 0 aliphatic rings. The Morgan fingerprint density at radius 2 is 2.10 bits per heavy atom. The maximum absolute atomic E-state index is 6.04. The first kappa shape index (κ1) is 14.8. The second-order valence-electron chi connectivity index (χ2n) is 4.61. The van der Waals surface area contributed by atoms with Gasteiger partial charge in [0.05, 0.1) is 13.2 Å². The highest BCUT2D eigenvalue weighted by Crippen LogP contribution is 2.33. The number of nitrogens with one attached hydrogen (secondary N) is 1. The number of hydrogen-bond donors (Lipinski definition) is 1. The smallest absolute Gasteiger partial charge is 0.125 e. The quantitative estimate of drug-likeness (QED) is 0.910. The zero-order valence-electron chi connectivity index (χ0n) is 12.0. The molecule has 0 fully saturated rings. The minimum atomic E-state index is 0.0425. The van der Waals surface area contributed by atoms with Crippen LogP contribution in [0, 0.1) is 6.92 Å². The molecule has 2 aromatic rings. The van der Waals surface area contributed by atoms with Crippen molar-refractivity contribution in [2.75, 3.05) is 13.7 Å². The van der Waals surface area contributed by atoms with E-state index in [1.54, 1.807) is 13.3 Å². The molecular weight excluding hydrogens is 272 g/mol. The van der Waals surface area contributed by atoms with E-state index in [2.05, 4.69) is 24.1 Å². The summed E-state index contributed by atoms with van der Waals surface area (Å²) in [5.41, 5.74) is 3.41. The first-order valence-corrected chi connectivity index (χ1v) is 7.02. The normalized spacial score (nSPS) is 12.2. The first-order chi connectivity index (χ1) is 9.67. The van der Waals surface area contributed by atoms with E-state index in [1.165, 1.54) is 5.56 Å². The van der Waals surface area contributed by atoms with Crippen molar-refractivity contribution in [2.24, 2.45) is 0 Å². The number of benzene rings is 1. The molecule has 0 saturated heterocycles. The van der Waals surface area contributed by atoms with Crippen LogP contribution in [0.15, 0.2) is 36.7 Å². The molecule has 106 valence electrons. The number of nitrogens with zero attached hydrogens (tertiary/aromatic N) is 1. The molecule has 1 heterocycles. The highest BCUT2D eigenvalue weighted by atomic mass is 35.5. The van der Waals surface area contributed by atoms with Crippen LogP contribution in [0.25, 0.3) is 0 Å². The van der Waals surface area contributed by atoms with E-state index in [-0.39, 0.29) is 6.04 Å². The number of pyridine rings is 1. The number of aryl methyl sites for hydroxylation is 1. The summed E-state index contributed by atoms with van der Waals surface area (Å²) in [6.45, 7) is 5.02. The van der Waals surface area contributed by atoms with E-state index < -0.39 is 0 Å². The van der Waals surface area contributed by atoms with Crippen molar-refractivity contribution in [3.8, 4) is 5.75 Å². The highest BCUT2D eigenvalue weighted by molar-refractivity contribution is 6.30. The van der Waals surface area contributed by atoms with Crippen LogP contribution >= 0.6 is 11.6 Å². The standard InChI is InChI=1S/C16H19ClN2O/c1-4-19-16(14-10-18-8-7-11(14)2)13-6-5-12(17)9-15(13)20-3/h5-10,16,19H,4H2,1-3H3. The Kier molecular flexibility index (Phi) is 4.99. The summed E-state index contributed by atoms with van der Waals surface area (Å²) in [5.74, 6) is 0.784. The van der Waals surface area contributed by atoms with E-state index >= 15 is 0 Å². The third-order valence-corrected chi connectivity index (χ3v) is 3.54. The SMILES string of the molecule is CCNC(c1cnccc1C)c1ccc(Cl)cc1OC. The van der Waals surface area contributed by atoms with Crippen LogP contribution < -0.4 is 10.1 Å². The Labute approximate surface area is 124 Å². The maximum Gasteiger partial charge on any atom is 0.125 e. The molecular formula is C16H19ClN2O. The monoisotopic (exact) mass is 290 g/mol. The van der Waals surface area contributed by atoms with E-state index in [4.69, 9.17) is 16.3 Å². The molecule has 0 bridgehead atoms. The molecule has 2 rings (SSSR count). The van der Waals surface area contributed by atoms with Crippen LogP contribution in [0.3, 0.4) is 0 Å². The first-order valence-electron chi connectivity index (χ1n) is 6.64. The molecule has 1 N–H and O–H groups in total. The minimum absolute atomic E-state index is 0.0425. The van der Waals surface area contributed by atoms with Crippen molar-refractivity contribution in [1.29, 1.82) is 0 Å². The number of aromatic nitrogens is 1. The topological polar surface area (TPSA) is 34.2 Å². The number of hydrogen-bond acceptors (Lipinski definition) is 3. The summed E-state index contributed by atoms with van der Waals surface area (Å²) in [7, 11) is 1.66.